The first-order valence-corrected chi connectivity index (χ1v) is 12.1. The van der Waals surface area contributed by atoms with E-state index in [0.717, 1.165) is 21.2 Å². The molecule has 0 saturated heterocycles. The lowest BCUT2D eigenvalue weighted by Crippen LogP contribution is -2.23. The fourth-order valence-corrected chi connectivity index (χ4v) is 4.80. The van der Waals surface area contributed by atoms with E-state index in [2.05, 4.69) is 64.5 Å². The van der Waals surface area contributed by atoms with Crippen LogP contribution in [0.25, 0.3) is 15.7 Å². The highest BCUT2D eigenvalue weighted by Crippen LogP contribution is 2.34. The van der Waals surface area contributed by atoms with Gasteiger partial charge < -0.3 is 14.6 Å². The predicted molar refractivity (Wildman–Crippen MR) is 137 cm³/mol. The molecule has 1 aromatic heterocycles. The molecule has 1 atom stereocenters. The molecule has 4 aromatic rings. The average Bonchev–Trinajstić information content (AvgIpc) is 3.23. The highest BCUT2D eigenvalue weighted by Gasteiger charge is 2.14. The molecule has 168 valence electrons. The number of hydrogen-bond acceptors (Lipinski definition) is 4. The summed E-state index contributed by atoms with van der Waals surface area (Å²) in [5.41, 5.74) is 3.06. The number of ether oxygens (including phenoxy) is 2. The van der Waals surface area contributed by atoms with Crippen LogP contribution in [-0.4, -0.2) is 23.8 Å². The maximum Gasteiger partial charge on any atom is 0.344 e. The molecule has 0 aliphatic carbocycles. The minimum absolute atomic E-state index is 0.394. The molecule has 3 aromatic carbocycles. The van der Waals surface area contributed by atoms with Crippen molar-refractivity contribution in [2.45, 2.75) is 20.0 Å². The van der Waals surface area contributed by atoms with Gasteiger partial charge in [0, 0.05) is 14.0 Å². The number of carboxylic acid groups (broad SMARTS) is 1. The molecule has 1 heterocycles. The van der Waals surface area contributed by atoms with Crippen LogP contribution in [0.5, 0.6) is 11.5 Å². The fourth-order valence-electron chi connectivity index (χ4n) is 3.41. The number of fused-ring (bicyclic) bond motifs is 1. The Kier molecular flexibility index (Phi) is 7.16. The Morgan fingerprint density at radius 1 is 1.09 bits per heavy atom. The van der Waals surface area contributed by atoms with Crippen LogP contribution in [0.4, 0.5) is 0 Å². The van der Waals surface area contributed by atoms with E-state index < -0.39 is 12.1 Å². The van der Waals surface area contributed by atoms with Crippen LogP contribution in [0, 0.1) is 6.92 Å². The van der Waals surface area contributed by atoms with Crippen molar-refractivity contribution in [1.29, 1.82) is 0 Å². The van der Waals surface area contributed by atoms with Gasteiger partial charge in [-0.1, -0.05) is 46.3 Å². The Bertz CT molecular complexity index is 1270. The number of thiophene rings is 1. The normalized spacial score (nSPS) is 12.5. The van der Waals surface area contributed by atoms with Gasteiger partial charge in [-0.15, -0.1) is 11.3 Å². The molecule has 33 heavy (non-hydrogen) atoms. The van der Waals surface area contributed by atoms with E-state index in [4.69, 9.17) is 14.6 Å². The van der Waals surface area contributed by atoms with E-state index in [1.807, 2.05) is 25.1 Å². The molecule has 0 amide bonds. The first-order chi connectivity index (χ1) is 15.9. The zero-order valence-corrected chi connectivity index (χ0v) is 20.7. The van der Waals surface area contributed by atoms with Crippen molar-refractivity contribution in [3.8, 4) is 11.5 Å². The minimum Gasteiger partial charge on any atom is -0.489 e. The van der Waals surface area contributed by atoms with Crippen molar-refractivity contribution in [3.63, 3.8) is 0 Å². The first kappa shape index (κ1) is 23.1. The summed E-state index contributed by atoms with van der Waals surface area (Å²) in [6.45, 7) is 3.77. The van der Waals surface area contributed by atoms with Crippen molar-refractivity contribution in [2.24, 2.45) is 0 Å². The molecule has 0 radical (unpaired) electrons. The van der Waals surface area contributed by atoms with Gasteiger partial charge in [-0.2, -0.15) is 0 Å². The van der Waals surface area contributed by atoms with Crippen LogP contribution in [0.15, 0.2) is 83.3 Å². The van der Waals surface area contributed by atoms with E-state index in [-0.39, 0.29) is 0 Å². The third kappa shape index (κ3) is 5.64. The van der Waals surface area contributed by atoms with Crippen molar-refractivity contribution in [2.75, 3.05) is 6.61 Å². The van der Waals surface area contributed by atoms with Crippen LogP contribution < -0.4 is 9.47 Å². The maximum atomic E-state index is 11.0. The third-order valence-electron chi connectivity index (χ3n) is 5.18. The van der Waals surface area contributed by atoms with Crippen LogP contribution in [0.1, 0.15) is 22.9 Å². The summed E-state index contributed by atoms with van der Waals surface area (Å²) in [6, 6.07) is 24.3. The molecule has 1 N–H and O–H groups in total. The summed E-state index contributed by atoms with van der Waals surface area (Å²) in [5, 5.41) is 10.3. The number of carbonyl (C=O) groups is 1. The Hall–Kier alpha value is -3.09. The standard InChI is InChI=1S/C27H23BrO4S/c1-17-15-22(11-12-24(17)32-18(2)27(29)30)31-14-13-23(19-7-9-21(28)10-8-19)26-16-20-5-3-4-6-25(20)33-26/h3-13,15-16,18H,14H2,1-2H3,(H,29,30)/b23-13-. The largest absolute Gasteiger partial charge is 0.489 e. The fraction of sp³-hybridized carbons (Fsp3) is 0.148. The van der Waals surface area contributed by atoms with E-state index >= 15 is 0 Å². The highest BCUT2D eigenvalue weighted by atomic mass is 79.9. The highest BCUT2D eigenvalue weighted by molar-refractivity contribution is 9.10. The summed E-state index contributed by atoms with van der Waals surface area (Å²) in [6.07, 6.45) is 1.19. The second-order valence-corrected chi connectivity index (χ2v) is 9.61. The molecule has 0 aliphatic heterocycles. The van der Waals surface area contributed by atoms with Crippen LogP contribution >= 0.6 is 27.3 Å². The quantitative estimate of drug-likeness (QED) is 0.263. The van der Waals surface area contributed by atoms with Gasteiger partial charge in [0.1, 0.15) is 18.1 Å². The number of aryl methyl sites for hydroxylation is 1. The molecule has 0 aliphatic rings. The average molecular weight is 523 g/mol. The minimum atomic E-state index is -0.999. The topological polar surface area (TPSA) is 55.8 Å². The Labute approximate surface area is 205 Å². The number of aliphatic carboxylic acids is 1. The van der Waals surface area contributed by atoms with E-state index in [0.29, 0.717) is 18.1 Å². The van der Waals surface area contributed by atoms with Gasteiger partial charge in [0.15, 0.2) is 6.10 Å². The molecule has 6 heteroatoms. The van der Waals surface area contributed by atoms with Gasteiger partial charge in [-0.25, -0.2) is 4.79 Å². The van der Waals surface area contributed by atoms with Crippen LogP contribution in [0.2, 0.25) is 0 Å². The smallest absolute Gasteiger partial charge is 0.344 e. The summed E-state index contributed by atoms with van der Waals surface area (Å²) < 4.78 is 13.8. The number of benzene rings is 3. The second kappa shape index (κ2) is 10.2. The van der Waals surface area contributed by atoms with Gasteiger partial charge in [0.25, 0.3) is 0 Å². The van der Waals surface area contributed by atoms with Crippen LogP contribution in [0.3, 0.4) is 0 Å². The molecular weight excluding hydrogens is 500 g/mol. The van der Waals surface area contributed by atoms with Gasteiger partial charge in [-0.3, -0.25) is 0 Å². The monoisotopic (exact) mass is 522 g/mol. The summed E-state index contributed by atoms with van der Waals surface area (Å²) >= 11 is 5.28. The Morgan fingerprint density at radius 3 is 2.55 bits per heavy atom. The van der Waals surface area contributed by atoms with Crippen molar-refractivity contribution >= 4 is 48.9 Å². The molecule has 1 unspecified atom stereocenters. The van der Waals surface area contributed by atoms with Crippen molar-refractivity contribution < 1.29 is 19.4 Å². The third-order valence-corrected chi connectivity index (χ3v) is 6.86. The van der Waals surface area contributed by atoms with Crippen LogP contribution in [-0.2, 0) is 4.79 Å². The van der Waals surface area contributed by atoms with E-state index in [1.165, 1.54) is 21.9 Å². The molecule has 4 nitrogen and oxygen atoms in total. The number of halogens is 1. The van der Waals surface area contributed by atoms with E-state index in [1.54, 1.807) is 23.5 Å². The zero-order chi connectivity index (χ0) is 23.4. The zero-order valence-electron chi connectivity index (χ0n) is 18.2. The molecule has 4 rings (SSSR count). The SMILES string of the molecule is Cc1cc(OC/C=C(/c2ccc(Br)cc2)c2cc3ccccc3s2)ccc1OC(C)C(=O)O. The second-order valence-electron chi connectivity index (χ2n) is 7.61. The molecule has 0 spiro atoms. The van der Waals surface area contributed by atoms with E-state index in [9.17, 15) is 4.79 Å². The van der Waals surface area contributed by atoms with Gasteiger partial charge in [0.05, 0.1) is 0 Å². The van der Waals surface area contributed by atoms with Gasteiger partial charge >= 0.3 is 5.97 Å². The Morgan fingerprint density at radius 2 is 1.85 bits per heavy atom. The lowest BCUT2D eigenvalue weighted by molar-refractivity contribution is -0.144. The van der Waals surface area contributed by atoms with Gasteiger partial charge in [-0.05, 0) is 84.5 Å². The molecule has 0 saturated carbocycles. The predicted octanol–water partition coefficient (Wildman–Crippen LogP) is 7.33. The van der Waals surface area contributed by atoms with Crippen molar-refractivity contribution in [3.05, 3.63) is 99.3 Å². The summed E-state index contributed by atoms with van der Waals surface area (Å²) in [4.78, 5) is 12.2. The lowest BCUT2D eigenvalue weighted by Gasteiger charge is -2.14. The number of carboxylic acids is 1. The summed E-state index contributed by atoms with van der Waals surface area (Å²) in [5.74, 6) is 0.237. The Balaban J connectivity index is 1.56. The molecule has 0 bridgehead atoms. The maximum absolute atomic E-state index is 11.0. The molecule has 0 fully saturated rings. The summed E-state index contributed by atoms with van der Waals surface area (Å²) in [7, 11) is 0. The van der Waals surface area contributed by atoms with Crippen molar-refractivity contribution in [1.82, 2.24) is 0 Å². The number of hydrogen-bond donors (Lipinski definition) is 1. The lowest BCUT2D eigenvalue weighted by atomic mass is 10.0. The van der Waals surface area contributed by atoms with Gasteiger partial charge in [0.2, 0.25) is 0 Å². The molecular formula is C27H23BrO4S. The first-order valence-electron chi connectivity index (χ1n) is 10.5. The number of rotatable bonds is 8.